The minimum atomic E-state index is -0.464. The average molecular weight is 756 g/mol. The summed E-state index contributed by atoms with van der Waals surface area (Å²) < 4.78 is 0. The quantitative estimate of drug-likeness (QED) is 0.175. The molecule has 0 fully saturated rings. The third-order valence-corrected chi connectivity index (χ3v) is 12.8. The summed E-state index contributed by atoms with van der Waals surface area (Å²) in [5, 5.41) is 9.48. The second-order valence-electron chi connectivity index (χ2n) is 14.8. The molecule has 0 N–H and O–H groups in total. The summed E-state index contributed by atoms with van der Waals surface area (Å²) in [6.45, 7) is 0. The van der Waals surface area contributed by atoms with Crippen LogP contribution in [0, 0.1) is 11.3 Å². The highest BCUT2D eigenvalue weighted by Crippen LogP contribution is 2.62. The van der Waals surface area contributed by atoms with Gasteiger partial charge in [0, 0.05) is 26.5 Å². The van der Waals surface area contributed by atoms with Crippen molar-refractivity contribution in [2.75, 3.05) is 0 Å². The first-order chi connectivity index (χ1) is 28.7. The van der Waals surface area contributed by atoms with Crippen LogP contribution in [0.2, 0.25) is 0 Å². The molecule has 0 atom stereocenters. The predicted molar refractivity (Wildman–Crippen MR) is 235 cm³/mol. The van der Waals surface area contributed by atoms with Gasteiger partial charge in [-0.1, -0.05) is 169 Å². The zero-order chi connectivity index (χ0) is 38.6. The van der Waals surface area contributed by atoms with Gasteiger partial charge in [0.2, 0.25) is 0 Å². The van der Waals surface area contributed by atoms with Crippen molar-refractivity contribution in [3.63, 3.8) is 0 Å². The van der Waals surface area contributed by atoms with Gasteiger partial charge < -0.3 is 0 Å². The molecule has 1 aliphatic carbocycles. The number of aromatic nitrogens is 2. The lowest BCUT2D eigenvalue weighted by Crippen LogP contribution is -2.31. The minimum Gasteiger partial charge on any atom is -0.228 e. The molecule has 3 nitrogen and oxygen atoms in total. The number of hydrogen-bond donors (Lipinski definition) is 0. The van der Waals surface area contributed by atoms with Crippen LogP contribution in [0.15, 0.2) is 210 Å². The molecule has 0 unspecified atom stereocenters. The molecule has 4 heteroatoms. The standard InChI is InChI=1S/C54H33N3S/c55-34-35-19-21-36(22-20-35)41-27-29-45-43(31-41)44-32-42(28-30-46(44)54(45)47-15-7-9-17-51(47)58-52-18-10-8-16-48(52)54)37-23-25-39(26-24-37)50-33-49(38-11-3-1-4-12-38)56-53(57-50)40-13-5-2-6-14-40/h1-33H. The van der Waals surface area contributed by atoms with Gasteiger partial charge in [-0.05, 0) is 98.1 Å². The summed E-state index contributed by atoms with van der Waals surface area (Å²) in [5.74, 6) is 0.705. The molecular weight excluding hydrogens is 723 g/mol. The van der Waals surface area contributed by atoms with Gasteiger partial charge in [-0.25, -0.2) is 9.97 Å². The number of hydrogen-bond acceptors (Lipinski definition) is 4. The second kappa shape index (κ2) is 13.7. The number of nitrogens with zero attached hydrogens (tertiary/aromatic N) is 3. The Morgan fingerprint density at radius 1 is 0.379 bits per heavy atom. The normalized spacial score (nSPS) is 12.9. The second-order valence-corrected chi connectivity index (χ2v) is 15.9. The van der Waals surface area contributed by atoms with Gasteiger partial charge in [-0.15, -0.1) is 0 Å². The summed E-state index contributed by atoms with van der Waals surface area (Å²) >= 11 is 1.86. The molecule has 0 saturated carbocycles. The van der Waals surface area contributed by atoms with Crippen LogP contribution in [-0.2, 0) is 5.41 Å². The van der Waals surface area contributed by atoms with E-state index in [1.807, 2.05) is 60.3 Å². The largest absolute Gasteiger partial charge is 0.228 e. The number of rotatable bonds is 5. The van der Waals surface area contributed by atoms with Gasteiger partial charge in [-0.2, -0.15) is 5.26 Å². The Labute approximate surface area is 342 Å². The molecule has 2 heterocycles. The molecule has 0 radical (unpaired) electrons. The van der Waals surface area contributed by atoms with E-state index in [0.29, 0.717) is 11.4 Å². The summed E-state index contributed by atoms with van der Waals surface area (Å²) in [4.78, 5) is 12.6. The lowest BCUT2D eigenvalue weighted by Gasteiger charge is -2.39. The van der Waals surface area contributed by atoms with E-state index in [4.69, 9.17) is 9.97 Å². The zero-order valence-corrected chi connectivity index (χ0v) is 32.1. The minimum absolute atomic E-state index is 0.464. The van der Waals surface area contributed by atoms with Crippen molar-refractivity contribution >= 4 is 11.8 Å². The van der Waals surface area contributed by atoms with Crippen LogP contribution in [0.5, 0.6) is 0 Å². The van der Waals surface area contributed by atoms with Crippen LogP contribution in [0.3, 0.4) is 0 Å². The van der Waals surface area contributed by atoms with Crippen molar-refractivity contribution in [1.29, 1.82) is 5.26 Å². The molecule has 0 amide bonds. The maximum Gasteiger partial charge on any atom is 0.160 e. The lowest BCUT2D eigenvalue weighted by molar-refractivity contribution is 0.722. The van der Waals surface area contributed by atoms with Crippen LogP contribution in [0.25, 0.3) is 67.3 Å². The topological polar surface area (TPSA) is 49.6 Å². The molecule has 1 aromatic heterocycles. The van der Waals surface area contributed by atoms with Crippen molar-refractivity contribution in [2.45, 2.75) is 15.2 Å². The zero-order valence-electron chi connectivity index (χ0n) is 31.3. The summed E-state index contributed by atoms with van der Waals surface area (Å²) in [6.07, 6.45) is 0. The maximum absolute atomic E-state index is 9.48. The Bertz CT molecular complexity index is 2970. The van der Waals surface area contributed by atoms with Crippen molar-refractivity contribution < 1.29 is 0 Å². The molecule has 2 aliphatic rings. The van der Waals surface area contributed by atoms with Gasteiger partial charge >= 0.3 is 0 Å². The van der Waals surface area contributed by atoms with Crippen molar-refractivity contribution in [3.05, 3.63) is 228 Å². The van der Waals surface area contributed by atoms with E-state index in [-0.39, 0.29) is 0 Å². The SMILES string of the molecule is N#Cc1ccc(-c2ccc3c(c2)-c2cc(-c4ccc(-c5cc(-c6ccccc6)nc(-c6ccccc6)n5)cc4)ccc2C32c3ccccc3Sc3ccccc32)cc1. The van der Waals surface area contributed by atoms with E-state index in [1.165, 1.54) is 43.2 Å². The average Bonchev–Trinajstić information content (AvgIpc) is 3.59. The molecule has 1 aliphatic heterocycles. The molecular formula is C54H33N3S. The third kappa shape index (κ3) is 5.44. The number of nitriles is 1. The van der Waals surface area contributed by atoms with E-state index in [0.717, 1.165) is 50.3 Å². The van der Waals surface area contributed by atoms with Gasteiger partial charge in [0.25, 0.3) is 0 Å². The number of benzene rings is 8. The van der Waals surface area contributed by atoms with Crippen LogP contribution in [0.1, 0.15) is 27.8 Å². The Kier molecular flexibility index (Phi) is 8.03. The maximum atomic E-state index is 9.48. The fourth-order valence-electron chi connectivity index (χ4n) is 8.91. The van der Waals surface area contributed by atoms with Gasteiger partial charge in [0.05, 0.1) is 28.4 Å². The molecule has 270 valence electrons. The lowest BCUT2D eigenvalue weighted by atomic mass is 9.67. The van der Waals surface area contributed by atoms with Gasteiger partial charge in [-0.3, -0.25) is 0 Å². The number of fused-ring (bicyclic) bond motifs is 9. The van der Waals surface area contributed by atoms with Crippen molar-refractivity contribution in [1.82, 2.24) is 9.97 Å². The third-order valence-electron chi connectivity index (χ3n) is 11.6. The smallest absolute Gasteiger partial charge is 0.160 e. The monoisotopic (exact) mass is 755 g/mol. The Morgan fingerprint density at radius 3 is 1.34 bits per heavy atom. The van der Waals surface area contributed by atoms with E-state index in [2.05, 4.69) is 158 Å². The van der Waals surface area contributed by atoms with E-state index in [1.54, 1.807) is 0 Å². The Balaban J connectivity index is 1.06. The molecule has 1 spiro atoms. The first-order valence-electron chi connectivity index (χ1n) is 19.4. The van der Waals surface area contributed by atoms with Crippen LogP contribution >= 0.6 is 11.8 Å². The van der Waals surface area contributed by atoms with E-state index < -0.39 is 5.41 Å². The van der Waals surface area contributed by atoms with Gasteiger partial charge in [0.15, 0.2) is 5.82 Å². The van der Waals surface area contributed by atoms with Crippen LogP contribution < -0.4 is 0 Å². The Morgan fingerprint density at radius 2 is 0.810 bits per heavy atom. The molecule has 9 aromatic rings. The molecule has 0 saturated heterocycles. The van der Waals surface area contributed by atoms with Gasteiger partial charge in [0.1, 0.15) is 0 Å². The van der Waals surface area contributed by atoms with E-state index >= 15 is 0 Å². The van der Waals surface area contributed by atoms with Crippen molar-refractivity contribution in [3.8, 4) is 73.4 Å². The summed E-state index contributed by atoms with van der Waals surface area (Å²) in [6, 6.07) is 73.3. The summed E-state index contributed by atoms with van der Waals surface area (Å²) in [5.41, 5.74) is 17.2. The molecule has 0 bridgehead atoms. The molecule has 8 aromatic carbocycles. The van der Waals surface area contributed by atoms with E-state index in [9.17, 15) is 5.26 Å². The fourth-order valence-corrected chi connectivity index (χ4v) is 10.1. The highest BCUT2D eigenvalue weighted by atomic mass is 32.2. The molecule has 58 heavy (non-hydrogen) atoms. The first-order valence-corrected chi connectivity index (χ1v) is 20.3. The van der Waals surface area contributed by atoms with Crippen LogP contribution in [-0.4, -0.2) is 9.97 Å². The van der Waals surface area contributed by atoms with Crippen molar-refractivity contribution in [2.24, 2.45) is 0 Å². The first kappa shape index (κ1) is 34.0. The fraction of sp³-hybridized carbons (Fsp3) is 0.0185. The summed E-state index contributed by atoms with van der Waals surface area (Å²) in [7, 11) is 0. The highest BCUT2D eigenvalue weighted by Gasteiger charge is 2.50. The van der Waals surface area contributed by atoms with Crippen LogP contribution in [0.4, 0.5) is 0 Å². The highest BCUT2D eigenvalue weighted by molar-refractivity contribution is 7.99. The Hall–Kier alpha value is -7.32. The molecule has 11 rings (SSSR count). The predicted octanol–water partition coefficient (Wildman–Crippen LogP) is 13.5.